The van der Waals surface area contributed by atoms with E-state index in [9.17, 15) is 0 Å². The van der Waals surface area contributed by atoms with Gasteiger partial charge in [-0.1, -0.05) is 51.9 Å². The molecule has 2 nitrogen and oxygen atoms in total. The van der Waals surface area contributed by atoms with Crippen LogP contribution >= 0.6 is 0 Å². The van der Waals surface area contributed by atoms with Gasteiger partial charge >= 0.3 is 0 Å². The molecule has 0 spiro atoms. The minimum Gasteiger partial charge on any atom is -0.381 e. The van der Waals surface area contributed by atoms with Crippen molar-refractivity contribution in [3.8, 4) is 0 Å². The second-order valence-corrected chi connectivity index (χ2v) is 4.70. The molecule has 2 N–H and O–H groups in total. The smallest absolute Gasteiger partial charge is 0.0571 e. The van der Waals surface area contributed by atoms with Gasteiger partial charge in [0.25, 0.3) is 0 Å². The highest BCUT2D eigenvalue weighted by Gasteiger charge is 2.05. The summed E-state index contributed by atoms with van der Waals surface area (Å²) in [6, 6.07) is 0. The van der Waals surface area contributed by atoms with Crippen LogP contribution in [0.4, 0.5) is 0 Å². The average molecular weight is 229 g/mol. The first-order chi connectivity index (χ1) is 7.85. The molecular formula is C14H31NO. The predicted octanol–water partition coefficient (Wildman–Crippen LogP) is 3.88. The van der Waals surface area contributed by atoms with E-state index in [0.29, 0.717) is 6.10 Å². The number of nitrogens with two attached hydrogens (primary N) is 1. The summed E-state index contributed by atoms with van der Waals surface area (Å²) in [6.45, 7) is 3.05. The Morgan fingerprint density at radius 1 is 0.875 bits per heavy atom. The van der Waals surface area contributed by atoms with Crippen LogP contribution in [0.15, 0.2) is 0 Å². The van der Waals surface area contributed by atoms with E-state index in [2.05, 4.69) is 6.92 Å². The molecule has 16 heavy (non-hydrogen) atoms. The van der Waals surface area contributed by atoms with Gasteiger partial charge in [-0.05, 0) is 25.8 Å². The molecular weight excluding hydrogens is 198 g/mol. The van der Waals surface area contributed by atoms with Crippen LogP contribution in [0.25, 0.3) is 0 Å². The maximum atomic E-state index is 5.50. The van der Waals surface area contributed by atoms with Gasteiger partial charge in [-0.3, -0.25) is 0 Å². The lowest BCUT2D eigenvalue weighted by atomic mass is 10.0. The fourth-order valence-corrected chi connectivity index (χ4v) is 2.05. The molecule has 0 saturated heterocycles. The Bertz CT molecular complexity index is 128. The molecule has 0 unspecified atom stereocenters. The van der Waals surface area contributed by atoms with Crippen molar-refractivity contribution >= 4 is 0 Å². The summed E-state index contributed by atoms with van der Waals surface area (Å²) in [7, 11) is 1.82. The van der Waals surface area contributed by atoms with Gasteiger partial charge in [0, 0.05) is 7.11 Å². The Kier molecular flexibility index (Phi) is 12.9. The van der Waals surface area contributed by atoms with Crippen LogP contribution in [0.2, 0.25) is 0 Å². The SMILES string of the molecule is CCCCCCCCC[C@H](CCCN)OC. The summed E-state index contributed by atoms with van der Waals surface area (Å²) in [5.41, 5.74) is 5.50. The summed E-state index contributed by atoms with van der Waals surface area (Å²) >= 11 is 0. The molecule has 0 bridgehead atoms. The summed E-state index contributed by atoms with van der Waals surface area (Å²) in [5, 5.41) is 0. The van der Waals surface area contributed by atoms with Crippen LogP contribution in [0.3, 0.4) is 0 Å². The molecule has 0 saturated carbocycles. The fraction of sp³-hybridized carbons (Fsp3) is 1.00. The Hall–Kier alpha value is -0.0800. The normalized spacial score (nSPS) is 12.9. The van der Waals surface area contributed by atoms with Gasteiger partial charge in [-0.15, -0.1) is 0 Å². The van der Waals surface area contributed by atoms with Crippen molar-refractivity contribution in [1.82, 2.24) is 0 Å². The minimum absolute atomic E-state index is 0.444. The third kappa shape index (κ3) is 10.4. The molecule has 0 heterocycles. The monoisotopic (exact) mass is 229 g/mol. The average Bonchev–Trinajstić information content (AvgIpc) is 2.32. The van der Waals surface area contributed by atoms with Crippen molar-refractivity contribution in [3.05, 3.63) is 0 Å². The van der Waals surface area contributed by atoms with Crippen molar-refractivity contribution in [1.29, 1.82) is 0 Å². The topological polar surface area (TPSA) is 35.2 Å². The molecule has 0 aliphatic rings. The first-order valence-electron chi connectivity index (χ1n) is 7.08. The van der Waals surface area contributed by atoms with E-state index < -0.39 is 0 Å². The molecule has 0 aliphatic heterocycles. The maximum Gasteiger partial charge on any atom is 0.0571 e. The Morgan fingerprint density at radius 2 is 1.44 bits per heavy atom. The zero-order valence-electron chi connectivity index (χ0n) is 11.3. The molecule has 0 aromatic carbocycles. The van der Waals surface area contributed by atoms with Crippen molar-refractivity contribution in [2.24, 2.45) is 5.73 Å². The lowest BCUT2D eigenvalue weighted by Crippen LogP contribution is -2.12. The molecule has 1 atom stereocenters. The van der Waals surface area contributed by atoms with Crippen molar-refractivity contribution in [3.63, 3.8) is 0 Å². The van der Waals surface area contributed by atoms with Crippen molar-refractivity contribution in [2.45, 2.75) is 77.2 Å². The molecule has 0 aromatic heterocycles. The zero-order valence-corrected chi connectivity index (χ0v) is 11.3. The number of hydrogen-bond donors (Lipinski definition) is 1. The molecule has 0 aliphatic carbocycles. The van der Waals surface area contributed by atoms with Crippen LogP contribution in [0.1, 0.15) is 71.1 Å². The van der Waals surface area contributed by atoms with Gasteiger partial charge in [0.2, 0.25) is 0 Å². The van der Waals surface area contributed by atoms with Gasteiger partial charge in [-0.2, -0.15) is 0 Å². The van der Waals surface area contributed by atoms with Crippen LogP contribution in [0, 0.1) is 0 Å². The number of methoxy groups -OCH3 is 1. The quantitative estimate of drug-likeness (QED) is 0.515. The molecule has 2 heteroatoms. The third-order valence-corrected chi connectivity index (χ3v) is 3.19. The van der Waals surface area contributed by atoms with Crippen LogP contribution in [-0.2, 0) is 4.74 Å². The second kappa shape index (κ2) is 13.0. The van der Waals surface area contributed by atoms with Crippen molar-refractivity contribution < 1.29 is 4.74 Å². The molecule has 0 rings (SSSR count). The summed E-state index contributed by atoms with van der Waals surface area (Å²) < 4.78 is 5.44. The highest BCUT2D eigenvalue weighted by molar-refractivity contribution is 4.59. The van der Waals surface area contributed by atoms with Gasteiger partial charge in [0.05, 0.1) is 6.10 Å². The van der Waals surface area contributed by atoms with E-state index in [-0.39, 0.29) is 0 Å². The van der Waals surface area contributed by atoms with E-state index in [1.165, 1.54) is 51.4 Å². The largest absolute Gasteiger partial charge is 0.381 e. The van der Waals surface area contributed by atoms with E-state index in [1.807, 2.05) is 7.11 Å². The fourth-order valence-electron chi connectivity index (χ4n) is 2.05. The van der Waals surface area contributed by atoms with E-state index >= 15 is 0 Å². The van der Waals surface area contributed by atoms with Gasteiger partial charge < -0.3 is 10.5 Å². The number of ether oxygens (including phenoxy) is 1. The van der Waals surface area contributed by atoms with Gasteiger partial charge in [-0.25, -0.2) is 0 Å². The minimum atomic E-state index is 0.444. The summed E-state index contributed by atoms with van der Waals surface area (Å²) in [6.07, 6.45) is 13.5. The molecule has 98 valence electrons. The van der Waals surface area contributed by atoms with Crippen molar-refractivity contribution in [2.75, 3.05) is 13.7 Å². The highest BCUT2D eigenvalue weighted by Crippen LogP contribution is 2.13. The van der Waals surface area contributed by atoms with Crippen LogP contribution in [-0.4, -0.2) is 19.8 Å². The Morgan fingerprint density at radius 3 is 2.00 bits per heavy atom. The number of unbranched alkanes of at least 4 members (excludes halogenated alkanes) is 6. The first-order valence-corrected chi connectivity index (χ1v) is 7.08. The number of rotatable bonds is 12. The molecule has 0 radical (unpaired) electrons. The lowest BCUT2D eigenvalue weighted by Gasteiger charge is -2.14. The van der Waals surface area contributed by atoms with E-state index in [4.69, 9.17) is 10.5 Å². The Labute approximate surface area is 102 Å². The molecule has 0 amide bonds. The molecule has 0 aromatic rings. The highest BCUT2D eigenvalue weighted by atomic mass is 16.5. The standard InChI is InChI=1S/C14H31NO/c1-3-4-5-6-7-8-9-11-14(16-2)12-10-13-15/h14H,3-13,15H2,1-2H3/t14-/m1/s1. The first kappa shape index (κ1) is 15.9. The summed E-state index contributed by atoms with van der Waals surface area (Å²) in [4.78, 5) is 0. The lowest BCUT2D eigenvalue weighted by molar-refractivity contribution is 0.0843. The maximum absolute atomic E-state index is 5.50. The van der Waals surface area contributed by atoms with Gasteiger partial charge in [0.1, 0.15) is 0 Å². The Balaban J connectivity index is 3.20. The van der Waals surface area contributed by atoms with Crippen LogP contribution < -0.4 is 5.73 Å². The zero-order chi connectivity index (χ0) is 12.1. The van der Waals surface area contributed by atoms with E-state index in [1.54, 1.807) is 0 Å². The third-order valence-electron chi connectivity index (χ3n) is 3.19. The van der Waals surface area contributed by atoms with Gasteiger partial charge in [0.15, 0.2) is 0 Å². The van der Waals surface area contributed by atoms with Crippen LogP contribution in [0.5, 0.6) is 0 Å². The summed E-state index contributed by atoms with van der Waals surface area (Å²) in [5.74, 6) is 0. The number of hydrogen-bond acceptors (Lipinski definition) is 2. The predicted molar refractivity (Wildman–Crippen MR) is 71.7 cm³/mol. The second-order valence-electron chi connectivity index (χ2n) is 4.70. The van der Waals surface area contributed by atoms with E-state index in [0.717, 1.165) is 19.4 Å². The molecule has 0 fully saturated rings.